The maximum atomic E-state index is 11.3. The minimum Gasteiger partial charge on any atom is -0.489 e. The second kappa shape index (κ2) is 5.33. The number of nitrogen functional groups attached to an aromatic ring is 1. The minimum absolute atomic E-state index is 0.158. The van der Waals surface area contributed by atoms with E-state index in [2.05, 4.69) is 9.97 Å². The first-order valence-corrected chi connectivity index (χ1v) is 7.43. The first kappa shape index (κ1) is 14.1. The van der Waals surface area contributed by atoms with E-state index < -0.39 is 9.84 Å². The number of hydrogen-bond acceptors (Lipinski definition) is 7. The van der Waals surface area contributed by atoms with Crippen molar-refractivity contribution in [2.75, 3.05) is 19.1 Å². The Morgan fingerprint density at radius 2 is 1.80 bits per heavy atom. The molecule has 8 heteroatoms. The summed E-state index contributed by atoms with van der Waals surface area (Å²) in [6.07, 6.45) is 2.38. The molecule has 7 nitrogen and oxygen atoms in total. The summed E-state index contributed by atoms with van der Waals surface area (Å²) in [4.78, 5) is 7.91. The third-order valence-electron chi connectivity index (χ3n) is 2.47. The van der Waals surface area contributed by atoms with Crippen LogP contribution in [0.4, 0.5) is 5.82 Å². The van der Waals surface area contributed by atoms with E-state index in [1.54, 1.807) is 0 Å². The van der Waals surface area contributed by atoms with Gasteiger partial charge in [0, 0.05) is 6.26 Å². The van der Waals surface area contributed by atoms with Gasteiger partial charge in [-0.2, -0.15) is 4.98 Å². The van der Waals surface area contributed by atoms with Gasteiger partial charge in [0.1, 0.15) is 12.1 Å². The van der Waals surface area contributed by atoms with Crippen molar-refractivity contribution in [1.29, 1.82) is 0 Å². The van der Waals surface area contributed by atoms with Gasteiger partial charge in [0.15, 0.2) is 15.7 Å². The van der Waals surface area contributed by atoms with E-state index in [0.29, 0.717) is 5.75 Å². The van der Waals surface area contributed by atoms with Crippen LogP contribution in [0.25, 0.3) is 0 Å². The Bertz CT molecular complexity index is 714. The molecule has 2 aromatic rings. The topological polar surface area (TPSA) is 104 Å². The monoisotopic (exact) mass is 295 g/mol. The largest absolute Gasteiger partial charge is 0.489 e. The van der Waals surface area contributed by atoms with Gasteiger partial charge in [-0.05, 0) is 24.3 Å². The Morgan fingerprint density at radius 1 is 1.15 bits per heavy atom. The van der Waals surface area contributed by atoms with Gasteiger partial charge in [0.2, 0.25) is 5.75 Å². The zero-order valence-corrected chi connectivity index (χ0v) is 11.7. The van der Waals surface area contributed by atoms with Crippen molar-refractivity contribution in [2.24, 2.45) is 0 Å². The molecule has 0 fully saturated rings. The Balaban J connectivity index is 2.29. The molecule has 2 rings (SSSR count). The van der Waals surface area contributed by atoms with Crippen molar-refractivity contribution in [3.8, 4) is 17.4 Å². The second-order valence-electron chi connectivity index (χ2n) is 3.94. The molecule has 0 spiro atoms. The highest BCUT2D eigenvalue weighted by Gasteiger charge is 2.12. The molecule has 0 aliphatic carbocycles. The van der Waals surface area contributed by atoms with Crippen molar-refractivity contribution in [3.05, 3.63) is 30.6 Å². The highest BCUT2D eigenvalue weighted by Crippen LogP contribution is 2.32. The van der Waals surface area contributed by atoms with E-state index in [0.717, 1.165) is 6.26 Å². The Hall–Kier alpha value is -2.35. The van der Waals surface area contributed by atoms with Gasteiger partial charge in [-0.3, -0.25) is 0 Å². The van der Waals surface area contributed by atoms with Crippen LogP contribution in [-0.4, -0.2) is 31.8 Å². The lowest BCUT2D eigenvalue weighted by Crippen LogP contribution is -2.00. The van der Waals surface area contributed by atoms with Crippen LogP contribution in [0.1, 0.15) is 0 Å². The van der Waals surface area contributed by atoms with E-state index in [1.165, 1.54) is 37.7 Å². The molecule has 0 aliphatic heterocycles. The van der Waals surface area contributed by atoms with Crippen molar-refractivity contribution in [3.63, 3.8) is 0 Å². The number of nitrogens with zero attached hydrogens (tertiary/aromatic N) is 2. The molecule has 0 amide bonds. The molecule has 106 valence electrons. The highest BCUT2D eigenvalue weighted by atomic mass is 32.2. The maximum Gasteiger partial charge on any atom is 0.268 e. The van der Waals surface area contributed by atoms with Gasteiger partial charge in [0.25, 0.3) is 5.88 Å². The third kappa shape index (κ3) is 2.97. The van der Waals surface area contributed by atoms with Gasteiger partial charge in [-0.25, -0.2) is 13.4 Å². The molecule has 0 saturated carbocycles. The summed E-state index contributed by atoms with van der Waals surface area (Å²) in [6, 6.07) is 5.94. The fraction of sp³-hybridized carbons (Fsp3) is 0.167. The average Bonchev–Trinajstić information content (AvgIpc) is 2.38. The fourth-order valence-corrected chi connectivity index (χ4v) is 2.13. The number of benzene rings is 1. The first-order valence-electron chi connectivity index (χ1n) is 5.54. The van der Waals surface area contributed by atoms with E-state index in [9.17, 15) is 8.42 Å². The molecule has 2 N–H and O–H groups in total. The SMILES string of the molecule is COc1c(N)ncnc1Oc1ccc(S(C)(=O)=O)cc1. The molecular formula is C12H13N3O4S. The molecule has 0 radical (unpaired) electrons. The van der Waals surface area contributed by atoms with Crippen molar-refractivity contribution in [1.82, 2.24) is 9.97 Å². The molecule has 1 heterocycles. The number of ether oxygens (including phenoxy) is 2. The van der Waals surface area contributed by atoms with E-state index in [-0.39, 0.29) is 22.3 Å². The van der Waals surface area contributed by atoms with Crippen molar-refractivity contribution < 1.29 is 17.9 Å². The minimum atomic E-state index is -3.24. The van der Waals surface area contributed by atoms with Crippen LogP contribution in [-0.2, 0) is 9.84 Å². The summed E-state index contributed by atoms with van der Waals surface area (Å²) >= 11 is 0. The number of sulfone groups is 1. The summed E-state index contributed by atoms with van der Waals surface area (Å²) in [5, 5.41) is 0. The van der Waals surface area contributed by atoms with Gasteiger partial charge in [0.05, 0.1) is 12.0 Å². The Labute approximate surface area is 116 Å². The van der Waals surface area contributed by atoms with Crippen LogP contribution < -0.4 is 15.2 Å². The van der Waals surface area contributed by atoms with Gasteiger partial charge >= 0.3 is 0 Å². The van der Waals surface area contributed by atoms with Gasteiger partial charge < -0.3 is 15.2 Å². The van der Waals surface area contributed by atoms with Crippen LogP contribution in [0, 0.1) is 0 Å². The van der Waals surface area contributed by atoms with Crippen LogP contribution in [0.3, 0.4) is 0 Å². The van der Waals surface area contributed by atoms with E-state index in [1.807, 2.05) is 0 Å². The number of nitrogens with two attached hydrogens (primary N) is 1. The van der Waals surface area contributed by atoms with Gasteiger partial charge in [-0.15, -0.1) is 0 Å². The van der Waals surface area contributed by atoms with Crippen LogP contribution in [0.5, 0.6) is 17.4 Å². The molecule has 0 atom stereocenters. The van der Waals surface area contributed by atoms with Gasteiger partial charge in [-0.1, -0.05) is 0 Å². The zero-order valence-electron chi connectivity index (χ0n) is 10.9. The van der Waals surface area contributed by atoms with Crippen molar-refractivity contribution >= 4 is 15.7 Å². The molecular weight excluding hydrogens is 282 g/mol. The van der Waals surface area contributed by atoms with Crippen LogP contribution in [0.2, 0.25) is 0 Å². The summed E-state index contributed by atoms with van der Waals surface area (Å²) < 4.78 is 33.3. The highest BCUT2D eigenvalue weighted by molar-refractivity contribution is 7.90. The quantitative estimate of drug-likeness (QED) is 0.905. The lowest BCUT2D eigenvalue weighted by atomic mass is 10.3. The summed E-state index contributed by atoms with van der Waals surface area (Å²) in [5.41, 5.74) is 5.63. The van der Waals surface area contributed by atoms with Crippen molar-refractivity contribution in [2.45, 2.75) is 4.90 Å². The number of hydrogen-bond donors (Lipinski definition) is 1. The molecule has 0 bridgehead atoms. The summed E-state index contributed by atoms with van der Waals surface area (Å²) in [5.74, 6) is 0.950. The lowest BCUT2D eigenvalue weighted by molar-refractivity contribution is 0.369. The average molecular weight is 295 g/mol. The molecule has 0 aliphatic rings. The zero-order chi connectivity index (χ0) is 14.8. The third-order valence-corrected chi connectivity index (χ3v) is 3.60. The first-order chi connectivity index (χ1) is 9.41. The van der Waals surface area contributed by atoms with E-state index >= 15 is 0 Å². The summed E-state index contributed by atoms with van der Waals surface area (Å²) in [7, 11) is -1.81. The Morgan fingerprint density at radius 3 is 2.35 bits per heavy atom. The predicted molar refractivity (Wildman–Crippen MR) is 72.6 cm³/mol. The number of methoxy groups -OCH3 is 1. The second-order valence-corrected chi connectivity index (χ2v) is 5.96. The molecule has 0 unspecified atom stereocenters. The lowest BCUT2D eigenvalue weighted by Gasteiger charge is -2.10. The number of anilines is 1. The fourth-order valence-electron chi connectivity index (χ4n) is 1.50. The molecule has 1 aromatic heterocycles. The molecule has 20 heavy (non-hydrogen) atoms. The smallest absolute Gasteiger partial charge is 0.268 e. The number of aromatic nitrogens is 2. The number of rotatable bonds is 4. The standard InChI is InChI=1S/C12H13N3O4S/c1-18-10-11(13)14-7-15-12(10)19-8-3-5-9(6-4-8)20(2,16)17/h3-7H,1-2H3,(H2,13,14,15). The van der Waals surface area contributed by atoms with E-state index in [4.69, 9.17) is 15.2 Å². The maximum absolute atomic E-state index is 11.3. The normalized spacial score (nSPS) is 11.1. The predicted octanol–water partition coefficient (Wildman–Crippen LogP) is 1.26. The molecule has 1 aromatic carbocycles. The van der Waals surface area contributed by atoms with Crippen LogP contribution in [0.15, 0.2) is 35.5 Å². The summed E-state index contributed by atoms with van der Waals surface area (Å²) in [6.45, 7) is 0. The Kier molecular flexibility index (Phi) is 3.75. The molecule has 0 saturated heterocycles. The van der Waals surface area contributed by atoms with Crippen LogP contribution >= 0.6 is 0 Å².